The SMILES string of the molecule is O=C(CN1CCc2sccc2[C@@H]1c1cccc(F)c1)N1CCCN(S(=O)(=O)c2ccccc2)CC1. The first kappa shape index (κ1) is 24.1. The maximum atomic E-state index is 14.1. The summed E-state index contributed by atoms with van der Waals surface area (Å²) in [5.41, 5.74) is 1.98. The molecule has 5 rings (SSSR count). The maximum Gasteiger partial charge on any atom is 0.243 e. The van der Waals surface area contributed by atoms with Gasteiger partial charge < -0.3 is 4.90 Å². The van der Waals surface area contributed by atoms with E-state index in [1.165, 1.54) is 15.2 Å². The zero-order valence-corrected chi connectivity index (χ0v) is 21.0. The predicted octanol–water partition coefficient (Wildman–Crippen LogP) is 3.76. The number of fused-ring (bicyclic) bond motifs is 1. The Labute approximate surface area is 209 Å². The molecule has 1 saturated heterocycles. The fourth-order valence-electron chi connectivity index (χ4n) is 5.00. The molecule has 1 atom stereocenters. The summed E-state index contributed by atoms with van der Waals surface area (Å²) < 4.78 is 41.6. The van der Waals surface area contributed by atoms with Gasteiger partial charge in [-0.1, -0.05) is 30.3 Å². The summed E-state index contributed by atoms with van der Waals surface area (Å²) in [6.45, 7) is 2.44. The van der Waals surface area contributed by atoms with Crippen molar-refractivity contribution in [1.82, 2.24) is 14.1 Å². The predicted molar refractivity (Wildman–Crippen MR) is 134 cm³/mol. The largest absolute Gasteiger partial charge is 0.340 e. The van der Waals surface area contributed by atoms with Crippen LogP contribution in [-0.4, -0.2) is 67.7 Å². The van der Waals surface area contributed by atoms with Crippen LogP contribution in [0.25, 0.3) is 0 Å². The van der Waals surface area contributed by atoms with Crippen LogP contribution in [0.2, 0.25) is 0 Å². The molecule has 0 spiro atoms. The molecule has 2 aromatic carbocycles. The molecule has 0 aliphatic carbocycles. The summed E-state index contributed by atoms with van der Waals surface area (Å²) in [6, 6.07) is 16.9. The Morgan fingerprint density at radius 2 is 1.80 bits per heavy atom. The molecule has 35 heavy (non-hydrogen) atoms. The second kappa shape index (κ2) is 10.2. The van der Waals surface area contributed by atoms with Crippen LogP contribution in [0.15, 0.2) is 70.9 Å². The van der Waals surface area contributed by atoms with Crippen LogP contribution in [0.1, 0.15) is 28.5 Å². The molecular formula is C26H28FN3O3S2. The third-order valence-corrected chi connectivity index (χ3v) is 9.67. The lowest BCUT2D eigenvalue weighted by atomic mass is 9.93. The van der Waals surface area contributed by atoms with Crippen molar-refractivity contribution in [2.75, 3.05) is 39.3 Å². The number of rotatable bonds is 5. The third-order valence-electron chi connectivity index (χ3n) is 6.76. The topological polar surface area (TPSA) is 60.9 Å². The lowest BCUT2D eigenvalue weighted by Crippen LogP contribution is -2.45. The molecule has 0 radical (unpaired) electrons. The van der Waals surface area contributed by atoms with E-state index in [1.54, 1.807) is 58.7 Å². The van der Waals surface area contributed by atoms with Gasteiger partial charge in [0.25, 0.3) is 0 Å². The Morgan fingerprint density at radius 3 is 2.60 bits per heavy atom. The quantitative estimate of drug-likeness (QED) is 0.521. The molecule has 9 heteroatoms. The number of hydrogen-bond acceptors (Lipinski definition) is 5. The molecule has 3 heterocycles. The third kappa shape index (κ3) is 5.04. The van der Waals surface area contributed by atoms with Gasteiger partial charge in [0.1, 0.15) is 5.82 Å². The highest BCUT2D eigenvalue weighted by Gasteiger charge is 2.33. The fraction of sp³-hybridized carbons (Fsp3) is 0.346. The van der Waals surface area contributed by atoms with Gasteiger partial charge in [0.15, 0.2) is 0 Å². The van der Waals surface area contributed by atoms with Crippen molar-refractivity contribution in [2.24, 2.45) is 0 Å². The van der Waals surface area contributed by atoms with E-state index in [9.17, 15) is 17.6 Å². The van der Waals surface area contributed by atoms with Gasteiger partial charge in [0, 0.05) is 37.6 Å². The van der Waals surface area contributed by atoms with Crippen LogP contribution in [0, 0.1) is 5.82 Å². The molecular weight excluding hydrogens is 485 g/mol. The number of halogens is 1. The lowest BCUT2D eigenvalue weighted by Gasteiger charge is -2.37. The normalized spacial score (nSPS) is 19.8. The number of sulfonamides is 1. The first-order chi connectivity index (χ1) is 16.9. The van der Waals surface area contributed by atoms with Crippen molar-refractivity contribution >= 4 is 27.3 Å². The van der Waals surface area contributed by atoms with E-state index in [2.05, 4.69) is 16.3 Å². The minimum Gasteiger partial charge on any atom is -0.340 e. The lowest BCUT2D eigenvalue weighted by molar-refractivity contribution is -0.132. The smallest absolute Gasteiger partial charge is 0.243 e. The Balaban J connectivity index is 1.30. The highest BCUT2D eigenvalue weighted by Crippen LogP contribution is 2.37. The van der Waals surface area contributed by atoms with Crippen molar-refractivity contribution in [3.8, 4) is 0 Å². The number of amides is 1. The Hall–Kier alpha value is -2.59. The van der Waals surface area contributed by atoms with E-state index >= 15 is 0 Å². The Bertz CT molecular complexity index is 1300. The van der Waals surface area contributed by atoms with Crippen LogP contribution in [0.4, 0.5) is 4.39 Å². The van der Waals surface area contributed by atoms with Gasteiger partial charge >= 0.3 is 0 Å². The standard InChI is InChI=1S/C26H28FN3O3S2/c27-21-7-4-6-20(18-21)26-23-11-17-34-24(23)10-14-29(26)19-25(31)28-12-5-13-30(16-15-28)35(32,33)22-8-2-1-3-9-22/h1-4,6-9,11,17-18,26H,5,10,12-16,19H2/t26-/m0/s1. The second-order valence-corrected chi connectivity index (χ2v) is 11.9. The summed E-state index contributed by atoms with van der Waals surface area (Å²) in [5.74, 6) is -0.313. The molecule has 184 valence electrons. The molecule has 0 N–H and O–H groups in total. The molecule has 2 aliphatic rings. The first-order valence-corrected chi connectivity index (χ1v) is 14.1. The highest BCUT2D eigenvalue weighted by atomic mass is 32.2. The maximum absolute atomic E-state index is 14.1. The zero-order valence-electron chi connectivity index (χ0n) is 19.3. The Kier molecular flexibility index (Phi) is 7.02. The van der Waals surface area contributed by atoms with E-state index in [0.717, 1.165) is 17.5 Å². The number of benzene rings is 2. The van der Waals surface area contributed by atoms with Gasteiger partial charge in [-0.2, -0.15) is 4.31 Å². The van der Waals surface area contributed by atoms with Gasteiger partial charge in [-0.3, -0.25) is 9.69 Å². The molecule has 1 fully saturated rings. The summed E-state index contributed by atoms with van der Waals surface area (Å²) in [7, 11) is -3.59. The Morgan fingerprint density at radius 1 is 0.971 bits per heavy atom. The average molecular weight is 514 g/mol. The van der Waals surface area contributed by atoms with Gasteiger partial charge in [0.05, 0.1) is 17.5 Å². The van der Waals surface area contributed by atoms with E-state index < -0.39 is 10.0 Å². The summed E-state index contributed by atoms with van der Waals surface area (Å²) in [4.78, 5) is 18.8. The van der Waals surface area contributed by atoms with E-state index in [0.29, 0.717) is 32.6 Å². The van der Waals surface area contributed by atoms with E-state index in [1.807, 2.05) is 6.07 Å². The number of hydrogen-bond donors (Lipinski definition) is 0. The molecule has 6 nitrogen and oxygen atoms in total. The number of thiophene rings is 1. The van der Waals surface area contributed by atoms with Gasteiger partial charge in [0.2, 0.25) is 15.9 Å². The number of carbonyl (C=O) groups excluding carboxylic acids is 1. The first-order valence-electron chi connectivity index (χ1n) is 11.8. The highest BCUT2D eigenvalue weighted by molar-refractivity contribution is 7.89. The summed E-state index contributed by atoms with van der Waals surface area (Å²) >= 11 is 1.70. The molecule has 0 unspecified atom stereocenters. The van der Waals surface area contributed by atoms with Crippen LogP contribution in [-0.2, 0) is 21.2 Å². The van der Waals surface area contributed by atoms with Gasteiger partial charge in [-0.05, 0) is 59.7 Å². The van der Waals surface area contributed by atoms with Crippen molar-refractivity contribution in [3.63, 3.8) is 0 Å². The number of carbonyl (C=O) groups is 1. The van der Waals surface area contributed by atoms with Gasteiger partial charge in [-0.15, -0.1) is 11.3 Å². The van der Waals surface area contributed by atoms with Crippen LogP contribution < -0.4 is 0 Å². The van der Waals surface area contributed by atoms with Crippen molar-refractivity contribution in [2.45, 2.75) is 23.8 Å². The van der Waals surface area contributed by atoms with Gasteiger partial charge in [-0.25, -0.2) is 12.8 Å². The average Bonchev–Trinajstić information content (AvgIpc) is 3.19. The molecule has 1 amide bonds. The van der Waals surface area contributed by atoms with Crippen LogP contribution in [0.5, 0.6) is 0 Å². The van der Waals surface area contributed by atoms with Crippen molar-refractivity contribution < 1.29 is 17.6 Å². The second-order valence-electron chi connectivity index (χ2n) is 8.93. The molecule has 2 aliphatic heterocycles. The summed E-state index contributed by atoms with van der Waals surface area (Å²) in [5, 5.41) is 2.05. The summed E-state index contributed by atoms with van der Waals surface area (Å²) in [6.07, 6.45) is 1.44. The van der Waals surface area contributed by atoms with E-state index in [4.69, 9.17) is 0 Å². The minimum atomic E-state index is -3.59. The van der Waals surface area contributed by atoms with Crippen molar-refractivity contribution in [3.05, 3.63) is 87.9 Å². The van der Waals surface area contributed by atoms with Crippen LogP contribution >= 0.6 is 11.3 Å². The molecule has 0 saturated carbocycles. The number of nitrogens with zero attached hydrogens (tertiary/aromatic N) is 3. The fourth-order valence-corrected chi connectivity index (χ4v) is 7.40. The van der Waals surface area contributed by atoms with E-state index in [-0.39, 0.29) is 35.8 Å². The van der Waals surface area contributed by atoms with Crippen molar-refractivity contribution in [1.29, 1.82) is 0 Å². The molecule has 3 aromatic rings. The minimum absolute atomic E-state index is 0.0240. The van der Waals surface area contributed by atoms with Crippen LogP contribution in [0.3, 0.4) is 0 Å². The monoisotopic (exact) mass is 513 g/mol. The molecule has 0 bridgehead atoms. The molecule has 1 aromatic heterocycles. The zero-order chi connectivity index (χ0) is 24.4.